The van der Waals surface area contributed by atoms with Gasteiger partial charge in [-0.15, -0.1) is 0 Å². The van der Waals surface area contributed by atoms with Crippen LogP contribution in [0.15, 0.2) is 24.5 Å². The Morgan fingerprint density at radius 3 is 3.00 bits per heavy atom. The molecule has 2 rings (SSSR count). The van der Waals surface area contributed by atoms with Gasteiger partial charge in [-0.1, -0.05) is 6.07 Å². The van der Waals surface area contributed by atoms with Gasteiger partial charge < -0.3 is 9.88 Å². The van der Waals surface area contributed by atoms with Crippen molar-refractivity contribution in [3.05, 3.63) is 30.1 Å². The van der Waals surface area contributed by atoms with E-state index < -0.39 is 0 Å². The molecule has 0 aliphatic carbocycles. The van der Waals surface area contributed by atoms with E-state index in [0.29, 0.717) is 5.56 Å². The van der Waals surface area contributed by atoms with Crippen LogP contribution in [0, 0.1) is 0 Å². The van der Waals surface area contributed by atoms with Crippen molar-refractivity contribution in [3.63, 3.8) is 0 Å². The molecule has 0 aliphatic rings. The van der Waals surface area contributed by atoms with Crippen LogP contribution < -0.4 is 5.32 Å². The fourth-order valence-electron chi connectivity index (χ4n) is 1.48. The first-order valence-corrected chi connectivity index (χ1v) is 4.36. The van der Waals surface area contributed by atoms with Gasteiger partial charge in [-0.2, -0.15) is 0 Å². The zero-order chi connectivity index (χ0) is 10.1. The highest BCUT2D eigenvalue weighted by atomic mass is 16.1. The first kappa shape index (κ1) is 8.74. The molecule has 72 valence electrons. The summed E-state index contributed by atoms with van der Waals surface area (Å²) in [5, 5.41) is 2.59. The van der Waals surface area contributed by atoms with Gasteiger partial charge in [-0.3, -0.25) is 4.79 Å². The van der Waals surface area contributed by atoms with Gasteiger partial charge in [0.05, 0.1) is 17.4 Å². The van der Waals surface area contributed by atoms with Crippen LogP contribution in [0.3, 0.4) is 0 Å². The number of hydrogen-bond acceptors (Lipinski definition) is 2. The number of imidazole rings is 1. The third-order valence-electron chi connectivity index (χ3n) is 2.23. The van der Waals surface area contributed by atoms with Gasteiger partial charge in [0.25, 0.3) is 5.91 Å². The topological polar surface area (TPSA) is 46.9 Å². The molecule has 1 aromatic carbocycles. The smallest absolute Gasteiger partial charge is 0.253 e. The van der Waals surface area contributed by atoms with Crippen LogP contribution in [0.5, 0.6) is 0 Å². The summed E-state index contributed by atoms with van der Waals surface area (Å²) in [7, 11) is 3.52. The number of hydrogen-bond donors (Lipinski definition) is 1. The quantitative estimate of drug-likeness (QED) is 0.725. The lowest BCUT2D eigenvalue weighted by molar-refractivity contribution is 0.0964. The van der Waals surface area contributed by atoms with Crippen LogP contribution in [0.4, 0.5) is 0 Å². The number of nitrogens with zero attached hydrogens (tertiary/aromatic N) is 2. The fraction of sp³-hybridized carbons (Fsp3) is 0.200. The van der Waals surface area contributed by atoms with Crippen LogP contribution in [0.25, 0.3) is 11.0 Å². The maximum absolute atomic E-state index is 11.5. The molecule has 0 saturated carbocycles. The van der Waals surface area contributed by atoms with Gasteiger partial charge in [-0.25, -0.2) is 4.98 Å². The van der Waals surface area contributed by atoms with Gasteiger partial charge in [-0.05, 0) is 12.1 Å². The SMILES string of the molecule is CNC(=O)c1cccc2c1ncn2C. The van der Waals surface area contributed by atoms with Crippen molar-refractivity contribution in [2.45, 2.75) is 0 Å². The number of nitrogens with one attached hydrogen (secondary N) is 1. The molecule has 0 saturated heterocycles. The van der Waals surface area contributed by atoms with E-state index in [1.54, 1.807) is 19.4 Å². The normalized spacial score (nSPS) is 10.4. The standard InChI is InChI=1S/C10H11N3O/c1-11-10(14)7-4-3-5-8-9(7)12-6-13(8)2/h3-6H,1-2H3,(H,11,14). The predicted octanol–water partition coefficient (Wildman–Crippen LogP) is 0.933. The molecular formula is C10H11N3O. The van der Waals surface area contributed by atoms with Gasteiger partial charge in [0.1, 0.15) is 5.52 Å². The second-order valence-corrected chi connectivity index (χ2v) is 3.11. The average Bonchev–Trinajstić information content (AvgIpc) is 2.59. The van der Waals surface area contributed by atoms with Gasteiger partial charge in [0.2, 0.25) is 0 Å². The largest absolute Gasteiger partial charge is 0.355 e. The number of aromatic nitrogens is 2. The van der Waals surface area contributed by atoms with E-state index in [0.717, 1.165) is 11.0 Å². The highest BCUT2D eigenvalue weighted by Crippen LogP contribution is 2.15. The van der Waals surface area contributed by atoms with E-state index in [2.05, 4.69) is 10.3 Å². The van der Waals surface area contributed by atoms with Gasteiger partial charge in [0.15, 0.2) is 0 Å². The summed E-state index contributed by atoms with van der Waals surface area (Å²) < 4.78 is 1.89. The number of para-hydroxylation sites is 1. The Balaban J connectivity index is 2.71. The minimum Gasteiger partial charge on any atom is -0.355 e. The van der Waals surface area contributed by atoms with E-state index in [1.165, 1.54) is 0 Å². The number of rotatable bonds is 1. The zero-order valence-corrected chi connectivity index (χ0v) is 8.11. The molecule has 1 N–H and O–H groups in total. The Hall–Kier alpha value is -1.84. The molecule has 1 aromatic heterocycles. The van der Waals surface area contributed by atoms with Crippen molar-refractivity contribution >= 4 is 16.9 Å². The summed E-state index contributed by atoms with van der Waals surface area (Å²) in [6.07, 6.45) is 1.71. The van der Waals surface area contributed by atoms with Crippen LogP contribution in [0.2, 0.25) is 0 Å². The molecule has 0 radical (unpaired) electrons. The molecule has 2 aromatic rings. The summed E-state index contributed by atoms with van der Waals surface area (Å²) in [5.41, 5.74) is 2.33. The van der Waals surface area contributed by atoms with E-state index in [4.69, 9.17) is 0 Å². The van der Waals surface area contributed by atoms with Crippen molar-refractivity contribution in [1.29, 1.82) is 0 Å². The third kappa shape index (κ3) is 1.16. The van der Waals surface area contributed by atoms with Crippen LogP contribution in [0.1, 0.15) is 10.4 Å². The second-order valence-electron chi connectivity index (χ2n) is 3.11. The number of amides is 1. The summed E-state index contributed by atoms with van der Waals surface area (Å²) in [6, 6.07) is 5.57. The number of aryl methyl sites for hydroxylation is 1. The Bertz CT molecular complexity index is 487. The Kier molecular flexibility index (Phi) is 1.96. The number of benzene rings is 1. The van der Waals surface area contributed by atoms with Crippen LogP contribution in [-0.4, -0.2) is 22.5 Å². The lowest BCUT2D eigenvalue weighted by Crippen LogP contribution is -2.18. The van der Waals surface area contributed by atoms with Crippen molar-refractivity contribution in [2.24, 2.45) is 7.05 Å². The van der Waals surface area contributed by atoms with Crippen LogP contribution >= 0.6 is 0 Å². The fourth-order valence-corrected chi connectivity index (χ4v) is 1.48. The minimum atomic E-state index is -0.103. The van der Waals surface area contributed by atoms with Crippen molar-refractivity contribution < 1.29 is 4.79 Å². The number of carbonyl (C=O) groups excluding carboxylic acids is 1. The number of fused-ring (bicyclic) bond motifs is 1. The number of carbonyl (C=O) groups is 1. The Morgan fingerprint density at radius 1 is 1.50 bits per heavy atom. The molecule has 0 bridgehead atoms. The molecule has 1 heterocycles. The average molecular weight is 189 g/mol. The van der Waals surface area contributed by atoms with Crippen molar-refractivity contribution in [2.75, 3.05) is 7.05 Å². The first-order valence-electron chi connectivity index (χ1n) is 4.36. The molecule has 0 unspecified atom stereocenters. The first-order chi connectivity index (χ1) is 6.74. The maximum atomic E-state index is 11.5. The molecule has 0 atom stereocenters. The molecule has 0 fully saturated rings. The van der Waals surface area contributed by atoms with Crippen molar-refractivity contribution in [3.8, 4) is 0 Å². The lowest BCUT2D eigenvalue weighted by Gasteiger charge is -2.00. The summed E-state index contributed by atoms with van der Waals surface area (Å²) in [5.74, 6) is -0.103. The summed E-state index contributed by atoms with van der Waals surface area (Å²) >= 11 is 0. The lowest BCUT2D eigenvalue weighted by atomic mass is 10.1. The van der Waals surface area contributed by atoms with Gasteiger partial charge in [0, 0.05) is 14.1 Å². The maximum Gasteiger partial charge on any atom is 0.253 e. The second kappa shape index (κ2) is 3.14. The van der Waals surface area contributed by atoms with E-state index in [9.17, 15) is 4.79 Å². The molecule has 1 amide bonds. The molecule has 0 spiro atoms. The summed E-state index contributed by atoms with van der Waals surface area (Å²) in [4.78, 5) is 15.7. The molecule has 0 aliphatic heterocycles. The van der Waals surface area contributed by atoms with E-state index in [1.807, 2.05) is 23.7 Å². The zero-order valence-electron chi connectivity index (χ0n) is 8.11. The highest BCUT2D eigenvalue weighted by Gasteiger charge is 2.10. The Labute approximate surface area is 81.6 Å². The Morgan fingerprint density at radius 2 is 2.29 bits per heavy atom. The monoisotopic (exact) mass is 189 g/mol. The molecule has 14 heavy (non-hydrogen) atoms. The minimum absolute atomic E-state index is 0.103. The van der Waals surface area contributed by atoms with Gasteiger partial charge >= 0.3 is 0 Å². The molecule has 4 nitrogen and oxygen atoms in total. The van der Waals surface area contributed by atoms with Crippen molar-refractivity contribution in [1.82, 2.24) is 14.9 Å². The molecule has 4 heteroatoms. The summed E-state index contributed by atoms with van der Waals surface area (Å²) in [6.45, 7) is 0. The predicted molar refractivity (Wildman–Crippen MR) is 54.1 cm³/mol. The third-order valence-corrected chi connectivity index (χ3v) is 2.23. The van der Waals surface area contributed by atoms with Crippen LogP contribution in [-0.2, 0) is 7.05 Å². The molecular weight excluding hydrogens is 178 g/mol. The highest BCUT2D eigenvalue weighted by molar-refractivity contribution is 6.04. The van der Waals surface area contributed by atoms with E-state index in [-0.39, 0.29) is 5.91 Å². The van der Waals surface area contributed by atoms with E-state index >= 15 is 0 Å².